The minimum atomic E-state index is -2.96. The first-order valence-corrected chi connectivity index (χ1v) is 7.78. The fourth-order valence-corrected chi connectivity index (χ4v) is 3.83. The number of benzene rings is 1. The molecule has 0 bridgehead atoms. The van der Waals surface area contributed by atoms with Crippen LogP contribution in [-0.4, -0.2) is 31.9 Å². The number of hydrogen-bond donors (Lipinski definition) is 1. The molecule has 5 heteroatoms. The van der Waals surface area contributed by atoms with Gasteiger partial charge in [0.15, 0.2) is 9.84 Å². The molecule has 98 valence electrons. The molecule has 0 aliphatic carbocycles. The zero-order valence-electron chi connectivity index (χ0n) is 10.6. The van der Waals surface area contributed by atoms with E-state index in [4.69, 9.17) is 0 Å². The van der Waals surface area contributed by atoms with Crippen LogP contribution in [0, 0.1) is 13.8 Å². The van der Waals surface area contributed by atoms with Gasteiger partial charge in [-0.3, -0.25) is 4.79 Å². The fourth-order valence-electron chi connectivity index (χ4n) is 2.15. The number of sulfone groups is 1. The molecule has 0 saturated carbocycles. The molecule has 4 nitrogen and oxygen atoms in total. The first kappa shape index (κ1) is 13.1. The van der Waals surface area contributed by atoms with Crippen molar-refractivity contribution in [2.45, 2.75) is 26.3 Å². The van der Waals surface area contributed by atoms with Crippen LogP contribution >= 0.6 is 0 Å². The molecular weight excluding hydrogens is 250 g/mol. The molecule has 0 aromatic heterocycles. The summed E-state index contributed by atoms with van der Waals surface area (Å²) in [6.45, 7) is 3.80. The fraction of sp³-hybridized carbons (Fsp3) is 0.462. The van der Waals surface area contributed by atoms with Crippen LogP contribution in [0.2, 0.25) is 0 Å². The Kier molecular flexibility index (Phi) is 3.43. The van der Waals surface area contributed by atoms with Gasteiger partial charge < -0.3 is 5.32 Å². The molecule has 0 spiro atoms. The predicted octanol–water partition coefficient (Wildman–Crippen LogP) is 1.22. The Morgan fingerprint density at radius 1 is 1.33 bits per heavy atom. The highest BCUT2D eigenvalue weighted by molar-refractivity contribution is 7.91. The molecule has 1 heterocycles. The predicted molar refractivity (Wildman–Crippen MR) is 70.4 cm³/mol. The van der Waals surface area contributed by atoms with E-state index in [1.807, 2.05) is 32.0 Å². The molecule has 1 saturated heterocycles. The van der Waals surface area contributed by atoms with Crippen molar-refractivity contribution in [3.05, 3.63) is 34.9 Å². The van der Waals surface area contributed by atoms with Crippen molar-refractivity contribution in [3.63, 3.8) is 0 Å². The number of rotatable bonds is 2. The van der Waals surface area contributed by atoms with E-state index in [0.717, 1.165) is 11.1 Å². The van der Waals surface area contributed by atoms with Crippen LogP contribution in [0.5, 0.6) is 0 Å². The highest BCUT2D eigenvalue weighted by atomic mass is 32.2. The van der Waals surface area contributed by atoms with Gasteiger partial charge in [0, 0.05) is 11.6 Å². The van der Waals surface area contributed by atoms with Gasteiger partial charge in [-0.15, -0.1) is 0 Å². The second kappa shape index (κ2) is 4.72. The molecule has 1 aromatic rings. The SMILES string of the molecule is Cc1ccc(C)c(C(=O)N[C@@H]2CCS(=O)(=O)C2)c1. The van der Waals surface area contributed by atoms with E-state index in [1.54, 1.807) is 0 Å². The number of carbonyl (C=O) groups excluding carboxylic acids is 1. The highest BCUT2D eigenvalue weighted by Crippen LogP contribution is 2.14. The highest BCUT2D eigenvalue weighted by Gasteiger charge is 2.29. The van der Waals surface area contributed by atoms with Gasteiger partial charge in [-0.1, -0.05) is 17.7 Å². The van der Waals surface area contributed by atoms with Gasteiger partial charge in [0.25, 0.3) is 5.91 Å². The van der Waals surface area contributed by atoms with Gasteiger partial charge in [0.2, 0.25) is 0 Å². The lowest BCUT2D eigenvalue weighted by atomic mass is 10.0. The van der Waals surface area contributed by atoms with Crippen molar-refractivity contribution in [3.8, 4) is 0 Å². The molecule has 1 atom stereocenters. The molecule has 1 aliphatic rings. The molecular formula is C13H17NO3S. The molecule has 0 unspecified atom stereocenters. The molecule has 2 rings (SSSR count). The van der Waals surface area contributed by atoms with E-state index in [-0.39, 0.29) is 23.5 Å². The van der Waals surface area contributed by atoms with Crippen molar-refractivity contribution in [2.24, 2.45) is 0 Å². The van der Waals surface area contributed by atoms with Crippen LogP contribution in [0.25, 0.3) is 0 Å². The van der Waals surface area contributed by atoms with Crippen molar-refractivity contribution in [1.29, 1.82) is 0 Å². The maximum atomic E-state index is 12.1. The second-order valence-corrected chi connectivity index (χ2v) is 7.12. The molecule has 1 N–H and O–H groups in total. The Bertz CT molecular complexity index is 578. The maximum absolute atomic E-state index is 12.1. The number of carbonyl (C=O) groups is 1. The zero-order chi connectivity index (χ0) is 13.3. The van der Waals surface area contributed by atoms with Gasteiger partial charge in [0.05, 0.1) is 11.5 Å². The van der Waals surface area contributed by atoms with Crippen LogP contribution in [0.1, 0.15) is 27.9 Å². The molecule has 1 fully saturated rings. The smallest absolute Gasteiger partial charge is 0.251 e. The monoisotopic (exact) mass is 267 g/mol. The summed E-state index contributed by atoms with van der Waals surface area (Å²) in [7, 11) is -2.96. The number of aryl methyl sites for hydroxylation is 2. The number of hydrogen-bond acceptors (Lipinski definition) is 3. The van der Waals surface area contributed by atoms with E-state index >= 15 is 0 Å². The quantitative estimate of drug-likeness (QED) is 0.876. The zero-order valence-corrected chi connectivity index (χ0v) is 11.4. The summed E-state index contributed by atoms with van der Waals surface area (Å²) in [6.07, 6.45) is 0.513. The summed E-state index contributed by atoms with van der Waals surface area (Å²) in [4.78, 5) is 12.1. The molecule has 1 aromatic carbocycles. The van der Waals surface area contributed by atoms with Gasteiger partial charge in [-0.05, 0) is 31.9 Å². The first-order valence-electron chi connectivity index (χ1n) is 5.96. The minimum absolute atomic E-state index is 0.0591. The first-order chi connectivity index (χ1) is 8.37. The van der Waals surface area contributed by atoms with Gasteiger partial charge in [0.1, 0.15) is 0 Å². The molecule has 18 heavy (non-hydrogen) atoms. The van der Waals surface area contributed by atoms with Gasteiger partial charge in [-0.2, -0.15) is 0 Å². The molecule has 1 aliphatic heterocycles. The summed E-state index contributed by atoms with van der Waals surface area (Å²) >= 11 is 0. The van der Waals surface area contributed by atoms with Crippen LogP contribution in [0.4, 0.5) is 0 Å². The van der Waals surface area contributed by atoms with Crippen molar-refractivity contribution >= 4 is 15.7 Å². The van der Waals surface area contributed by atoms with Gasteiger partial charge >= 0.3 is 0 Å². The largest absolute Gasteiger partial charge is 0.348 e. The number of amides is 1. The third-order valence-electron chi connectivity index (χ3n) is 3.21. The number of nitrogens with one attached hydrogen (secondary N) is 1. The third-order valence-corrected chi connectivity index (χ3v) is 4.97. The van der Waals surface area contributed by atoms with Crippen molar-refractivity contribution in [1.82, 2.24) is 5.32 Å². The Labute approximate surface area is 107 Å². The Morgan fingerprint density at radius 2 is 2.06 bits per heavy atom. The van der Waals surface area contributed by atoms with Gasteiger partial charge in [-0.25, -0.2) is 8.42 Å². The second-order valence-electron chi connectivity index (χ2n) is 4.89. The third kappa shape index (κ3) is 2.90. The molecule has 0 radical (unpaired) electrons. The van der Waals surface area contributed by atoms with E-state index in [2.05, 4.69) is 5.32 Å². The average molecular weight is 267 g/mol. The summed E-state index contributed by atoms with van der Waals surface area (Å²) in [5, 5.41) is 2.80. The minimum Gasteiger partial charge on any atom is -0.348 e. The summed E-state index contributed by atoms with van der Waals surface area (Å²) in [5.74, 6) is 0.0484. The van der Waals surface area contributed by atoms with E-state index in [1.165, 1.54) is 0 Å². The average Bonchev–Trinajstić information content (AvgIpc) is 2.61. The Balaban J connectivity index is 2.11. The lowest BCUT2D eigenvalue weighted by Crippen LogP contribution is -2.35. The Hall–Kier alpha value is -1.36. The van der Waals surface area contributed by atoms with Crippen LogP contribution in [0.3, 0.4) is 0 Å². The van der Waals surface area contributed by atoms with Crippen molar-refractivity contribution < 1.29 is 13.2 Å². The van der Waals surface area contributed by atoms with E-state index < -0.39 is 9.84 Å². The van der Waals surface area contributed by atoms with Crippen LogP contribution in [-0.2, 0) is 9.84 Å². The Morgan fingerprint density at radius 3 is 2.67 bits per heavy atom. The lowest BCUT2D eigenvalue weighted by Gasteiger charge is -2.12. The maximum Gasteiger partial charge on any atom is 0.251 e. The lowest BCUT2D eigenvalue weighted by molar-refractivity contribution is 0.0940. The standard InChI is InChI=1S/C13H17NO3S/c1-9-3-4-10(2)12(7-9)13(15)14-11-5-6-18(16,17)8-11/h3-4,7,11H,5-6,8H2,1-2H3,(H,14,15)/t11-/m1/s1. The van der Waals surface area contributed by atoms with Crippen molar-refractivity contribution in [2.75, 3.05) is 11.5 Å². The summed E-state index contributed by atoms with van der Waals surface area (Å²) in [5.41, 5.74) is 2.54. The summed E-state index contributed by atoms with van der Waals surface area (Å²) < 4.78 is 22.7. The van der Waals surface area contributed by atoms with E-state index in [9.17, 15) is 13.2 Å². The normalized spacial score (nSPS) is 21.8. The molecule has 1 amide bonds. The van der Waals surface area contributed by atoms with Crippen LogP contribution < -0.4 is 5.32 Å². The topological polar surface area (TPSA) is 63.2 Å². The summed E-state index contributed by atoms with van der Waals surface area (Å²) in [6, 6.07) is 5.43. The van der Waals surface area contributed by atoms with E-state index in [0.29, 0.717) is 12.0 Å². The van der Waals surface area contributed by atoms with Crippen LogP contribution in [0.15, 0.2) is 18.2 Å².